The molecule has 60 valence electrons. The average Bonchev–Trinajstić information content (AvgIpc) is 2.36. The van der Waals surface area contributed by atoms with Crippen molar-refractivity contribution in [2.45, 2.75) is 6.92 Å². The summed E-state index contributed by atoms with van der Waals surface area (Å²) in [5, 5.41) is 3.43. The van der Waals surface area contributed by atoms with E-state index in [1.54, 1.807) is 6.92 Å². The van der Waals surface area contributed by atoms with Crippen LogP contribution in [0.1, 0.15) is 16.1 Å². The molecule has 0 aromatic carbocycles. The molecule has 1 aromatic rings. The fourth-order valence-electron chi connectivity index (χ4n) is 0.664. The Bertz CT molecular complexity index is 256. The highest BCUT2D eigenvalue weighted by atomic mass is 16.6. The van der Waals surface area contributed by atoms with Crippen LogP contribution in [0.5, 0.6) is 0 Å². The number of carbonyl (C=O) groups is 1. The van der Waals surface area contributed by atoms with Gasteiger partial charge in [-0.15, -0.1) is 0 Å². The van der Waals surface area contributed by atoms with Crippen molar-refractivity contribution in [3.05, 3.63) is 17.5 Å². The molecule has 0 saturated carbocycles. The largest absolute Gasteiger partial charge is 0.361 e. The zero-order valence-corrected chi connectivity index (χ0v) is 6.25. The molecule has 1 aromatic heterocycles. The molecule has 0 radical (unpaired) electrons. The van der Waals surface area contributed by atoms with Gasteiger partial charge in [0.05, 0.1) is 13.3 Å². The summed E-state index contributed by atoms with van der Waals surface area (Å²) in [7, 11) is 1.36. The molecule has 0 unspecified atom stereocenters. The molecule has 0 bridgehead atoms. The van der Waals surface area contributed by atoms with Gasteiger partial charge in [-0.25, -0.2) is 5.48 Å². The molecular formula is C6H8N2O3. The number of hydroxylamine groups is 1. The first-order chi connectivity index (χ1) is 5.25. The lowest BCUT2D eigenvalue weighted by Gasteiger charge is -1.97. The molecule has 0 aliphatic heterocycles. The van der Waals surface area contributed by atoms with E-state index in [2.05, 4.69) is 20.0 Å². The lowest BCUT2D eigenvalue weighted by atomic mass is 10.3. The van der Waals surface area contributed by atoms with Crippen molar-refractivity contribution in [2.75, 3.05) is 7.11 Å². The fourth-order valence-corrected chi connectivity index (χ4v) is 0.664. The predicted octanol–water partition coefficient (Wildman–Crippen LogP) is 0.274. The summed E-state index contributed by atoms with van der Waals surface area (Å²) < 4.78 is 4.67. The standard InChI is InChI=1S/C6H8N2O3/c1-4-5(3-7-11-4)6(9)8-10-2/h3H,1-2H3,(H,8,9). The Morgan fingerprint density at radius 3 is 3.00 bits per heavy atom. The van der Waals surface area contributed by atoms with Crippen molar-refractivity contribution in [1.29, 1.82) is 0 Å². The van der Waals surface area contributed by atoms with Gasteiger partial charge in [0.25, 0.3) is 5.91 Å². The minimum absolute atomic E-state index is 0.355. The van der Waals surface area contributed by atoms with Gasteiger partial charge in [-0.1, -0.05) is 5.16 Å². The summed E-state index contributed by atoms with van der Waals surface area (Å²) >= 11 is 0. The first-order valence-electron chi connectivity index (χ1n) is 3.00. The van der Waals surface area contributed by atoms with E-state index in [-0.39, 0.29) is 5.91 Å². The van der Waals surface area contributed by atoms with E-state index in [4.69, 9.17) is 0 Å². The molecule has 0 aliphatic rings. The quantitative estimate of drug-likeness (QED) is 0.624. The molecule has 1 rings (SSSR count). The van der Waals surface area contributed by atoms with Crippen LogP contribution in [0, 0.1) is 6.92 Å². The van der Waals surface area contributed by atoms with E-state index in [9.17, 15) is 4.79 Å². The van der Waals surface area contributed by atoms with Gasteiger partial charge in [0.2, 0.25) is 0 Å². The molecule has 0 saturated heterocycles. The summed E-state index contributed by atoms with van der Waals surface area (Å²) in [6.07, 6.45) is 1.34. The molecule has 0 aliphatic carbocycles. The summed E-state index contributed by atoms with van der Waals surface area (Å²) in [6, 6.07) is 0. The van der Waals surface area contributed by atoms with Gasteiger partial charge in [0, 0.05) is 0 Å². The van der Waals surface area contributed by atoms with E-state index < -0.39 is 0 Å². The maximum Gasteiger partial charge on any atom is 0.280 e. The number of aromatic nitrogens is 1. The van der Waals surface area contributed by atoms with Gasteiger partial charge in [-0.05, 0) is 6.92 Å². The Labute approximate surface area is 63.3 Å². The minimum Gasteiger partial charge on any atom is -0.361 e. The predicted molar refractivity (Wildman–Crippen MR) is 35.7 cm³/mol. The number of hydrogen-bond donors (Lipinski definition) is 1. The van der Waals surface area contributed by atoms with Crippen LogP contribution in [0.25, 0.3) is 0 Å². The topological polar surface area (TPSA) is 64.4 Å². The molecule has 11 heavy (non-hydrogen) atoms. The Balaban J connectivity index is 2.76. The van der Waals surface area contributed by atoms with Crippen LogP contribution in [0.3, 0.4) is 0 Å². The van der Waals surface area contributed by atoms with E-state index in [1.165, 1.54) is 13.3 Å². The van der Waals surface area contributed by atoms with Gasteiger partial charge in [-0.3, -0.25) is 9.63 Å². The first kappa shape index (κ1) is 7.74. The number of nitrogens with zero attached hydrogens (tertiary/aromatic N) is 1. The lowest BCUT2D eigenvalue weighted by Crippen LogP contribution is -2.21. The Kier molecular flexibility index (Phi) is 2.22. The van der Waals surface area contributed by atoms with E-state index in [0.717, 1.165) is 0 Å². The highest BCUT2D eigenvalue weighted by Crippen LogP contribution is 2.04. The maximum absolute atomic E-state index is 11.0. The number of amides is 1. The van der Waals surface area contributed by atoms with E-state index in [1.807, 2.05) is 0 Å². The second-order valence-electron chi connectivity index (χ2n) is 1.93. The number of aryl methyl sites for hydroxylation is 1. The van der Waals surface area contributed by atoms with Crippen LogP contribution < -0.4 is 5.48 Å². The monoisotopic (exact) mass is 156 g/mol. The van der Waals surface area contributed by atoms with Crippen LogP contribution in [0.4, 0.5) is 0 Å². The Morgan fingerprint density at radius 1 is 1.82 bits per heavy atom. The highest BCUT2D eigenvalue weighted by Gasteiger charge is 2.11. The summed E-state index contributed by atoms with van der Waals surface area (Å²) in [6.45, 7) is 1.65. The summed E-state index contributed by atoms with van der Waals surface area (Å²) in [5.74, 6) is 0.116. The van der Waals surface area contributed by atoms with Crippen molar-refractivity contribution in [3.63, 3.8) is 0 Å². The molecule has 5 heteroatoms. The third kappa shape index (κ3) is 1.56. The Hall–Kier alpha value is -1.36. The fraction of sp³-hybridized carbons (Fsp3) is 0.333. The highest BCUT2D eigenvalue weighted by molar-refractivity contribution is 5.93. The number of nitrogens with one attached hydrogen (secondary N) is 1. The zero-order valence-electron chi connectivity index (χ0n) is 6.25. The number of hydrogen-bond acceptors (Lipinski definition) is 4. The molecule has 1 N–H and O–H groups in total. The molecule has 0 spiro atoms. The zero-order chi connectivity index (χ0) is 8.27. The minimum atomic E-state index is -0.355. The smallest absolute Gasteiger partial charge is 0.280 e. The van der Waals surface area contributed by atoms with E-state index >= 15 is 0 Å². The van der Waals surface area contributed by atoms with Crippen LogP contribution in [-0.2, 0) is 4.84 Å². The summed E-state index contributed by atoms with van der Waals surface area (Å²) in [4.78, 5) is 15.4. The normalized spacial score (nSPS) is 9.64. The van der Waals surface area contributed by atoms with Crippen molar-refractivity contribution >= 4 is 5.91 Å². The van der Waals surface area contributed by atoms with Crippen molar-refractivity contribution in [3.8, 4) is 0 Å². The first-order valence-corrected chi connectivity index (χ1v) is 3.00. The second-order valence-corrected chi connectivity index (χ2v) is 1.93. The summed E-state index contributed by atoms with van der Waals surface area (Å²) in [5.41, 5.74) is 2.53. The maximum atomic E-state index is 11.0. The van der Waals surface area contributed by atoms with Gasteiger partial charge < -0.3 is 4.52 Å². The third-order valence-corrected chi connectivity index (χ3v) is 1.19. The SMILES string of the molecule is CONC(=O)c1cnoc1C. The molecule has 0 atom stereocenters. The lowest BCUT2D eigenvalue weighted by molar-refractivity contribution is 0.0536. The molecule has 1 heterocycles. The van der Waals surface area contributed by atoms with Gasteiger partial charge in [-0.2, -0.15) is 0 Å². The molecular weight excluding hydrogens is 148 g/mol. The van der Waals surface area contributed by atoms with Gasteiger partial charge in [0.15, 0.2) is 0 Å². The van der Waals surface area contributed by atoms with Crippen LogP contribution in [0.15, 0.2) is 10.7 Å². The van der Waals surface area contributed by atoms with Crippen LogP contribution >= 0.6 is 0 Å². The van der Waals surface area contributed by atoms with Crippen molar-refractivity contribution in [2.24, 2.45) is 0 Å². The Morgan fingerprint density at radius 2 is 2.55 bits per heavy atom. The number of rotatable bonds is 2. The van der Waals surface area contributed by atoms with E-state index in [0.29, 0.717) is 11.3 Å². The average molecular weight is 156 g/mol. The third-order valence-electron chi connectivity index (χ3n) is 1.19. The van der Waals surface area contributed by atoms with Crippen molar-refractivity contribution < 1.29 is 14.2 Å². The second kappa shape index (κ2) is 3.16. The van der Waals surface area contributed by atoms with Gasteiger partial charge in [0.1, 0.15) is 11.3 Å². The molecule has 5 nitrogen and oxygen atoms in total. The van der Waals surface area contributed by atoms with Crippen LogP contribution in [0.2, 0.25) is 0 Å². The van der Waals surface area contributed by atoms with Crippen LogP contribution in [-0.4, -0.2) is 18.2 Å². The number of carbonyl (C=O) groups excluding carboxylic acids is 1. The van der Waals surface area contributed by atoms with Crippen molar-refractivity contribution in [1.82, 2.24) is 10.6 Å². The van der Waals surface area contributed by atoms with Gasteiger partial charge >= 0.3 is 0 Å². The molecule has 0 fully saturated rings. The molecule has 1 amide bonds.